The van der Waals surface area contributed by atoms with Crippen molar-refractivity contribution in [3.05, 3.63) is 0 Å². The summed E-state index contributed by atoms with van der Waals surface area (Å²) in [4.78, 5) is 2.47. The van der Waals surface area contributed by atoms with Crippen LogP contribution in [0.2, 0.25) is 0 Å². The minimum absolute atomic E-state index is 0.0293. The molecule has 1 heterocycles. The van der Waals surface area contributed by atoms with Crippen molar-refractivity contribution in [1.29, 1.82) is 0 Å². The predicted molar refractivity (Wildman–Crippen MR) is 76.4 cm³/mol. The van der Waals surface area contributed by atoms with Crippen LogP contribution >= 0.6 is 0 Å². The second kappa shape index (κ2) is 9.66. The highest BCUT2D eigenvalue weighted by Crippen LogP contribution is 2.07. The summed E-state index contributed by atoms with van der Waals surface area (Å²) in [6.07, 6.45) is 2.21. The quantitative estimate of drug-likeness (QED) is 0.607. The van der Waals surface area contributed by atoms with Crippen LogP contribution in [0.15, 0.2) is 0 Å². The second-order valence-corrected chi connectivity index (χ2v) is 5.57. The summed E-state index contributed by atoms with van der Waals surface area (Å²) in [5, 5.41) is 13.2. The van der Waals surface area contributed by atoms with Gasteiger partial charge in [0.15, 0.2) is 0 Å². The van der Waals surface area contributed by atoms with E-state index in [1.165, 1.54) is 25.9 Å². The van der Waals surface area contributed by atoms with Gasteiger partial charge in [0.2, 0.25) is 0 Å². The van der Waals surface area contributed by atoms with Crippen LogP contribution in [0.5, 0.6) is 0 Å². The zero-order valence-corrected chi connectivity index (χ0v) is 12.6. The fourth-order valence-corrected chi connectivity index (χ4v) is 2.37. The minimum Gasteiger partial charge on any atom is -0.389 e. The topological polar surface area (TPSA) is 54.0 Å². The van der Waals surface area contributed by atoms with Gasteiger partial charge in [-0.3, -0.25) is 0 Å². The third kappa shape index (κ3) is 7.84. The number of aliphatic hydroxyl groups is 1. The van der Waals surface area contributed by atoms with Gasteiger partial charge in [-0.15, -0.1) is 0 Å². The number of likely N-dealkylation sites (tertiary alicyclic amines) is 1. The Hall–Kier alpha value is -0.200. The van der Waals surface area contributed by atoms with Gasteiger partial charge in [-0.2, -0.15) is 0 Å². The Labute approximate surface area is 117 Å². The van der Waals surface area contributed by atoms with Crippen LogP contribution in [-0.2, 0) is 9.47 Å². The number of hydrogen-bond donors (Lipinski definition) is 2. The number of nitrogens with one attached hydrogen (secondary N) is 1. The molecule has 3 atom stereocenters. The van der Waals surface area contributed by atoms with Gasteiger partial charge in [0, 0.05) is 26.2 Å². The van der Waals surface area contributed by atoms with E-state index in [0.717, 1.165) is 6.54 Å². The summed E-state index contributed by atoms with van der Waals surface area (Å²) in [6.45, 7) is 9.10. The van der Waals surface area contributed by atoms with E-state index in [1.807, 2.05) is 6.92 Å². The molecule has 0 aromatic heterocycles. The highest BCUT2D eigenvalue weighted by molar-refractivity contribution is 4.73. The average Bonchev–Trinajstić information content (AvgIpc) is 2.87. The van der Waals surface area contributed by atoms with E-state index < -0.39 is 6.10 Å². The number of ether oxygens (including phenoxy) is 2. The van der Waals surface area contributed by atoms with E-state index in [2.05, 4.69) is 17.1 Å². The lowest BCUT2D eigenvalue weighted by molar-refractivity contribution is -0.0316. The molecule has 2 N–H and O–H groups in total. The van der Waals surface area contributed by atoms with Gasteiger partial charge in [-0.05, 0) is 39.8 Å². The molecular formula is C14H30N2O3. The van der Waals surface area contributed by atoms with Crippen molar-refractivity contribution in [2.45, 2.75) is 44.9 Å². The fourth-order valence-electron chi connectivity index (χ4n) is 2.37. The monoisotopic (exact) mass is 274 g/mol. The summed E-state index contributed by atoms with van der Waals surface area (Å²) in [5.41, 5.74) is 0. The Kier molecular flexibility index (Phi) is 8.57. The number of methoxy groups -OCH3 is 1. The number of hydrogen-bond acceptors (Lipinski definition) is 5. The molecule has 1 aliphatic rings. The smallest absolute Gasteiger partial charge is 0.0897 e. The van der Waals surface area contributed by atoms with E-state index in [4.69, 9.17) is 9.47 Å². The van der Waals surface area contributed by atoms with Crippen LogP contribution in [0.3, 0.4) is 0 Å². The molecule has 0 spiro atoms. The zero-order chi connectivity index (χ0) is 14.1. The van der Waals surface area contributed by atoms with Crippen molar-refractivity contribution in [2.75, 3.05) is 46.5 Å². The molecule has 0 aliphatic carbocycles. The van der Waals surface area contributed by atoms with Crippen molar-refractivity contribution < 1.29 is 14.6 Å². The van der Waals surface area contributed by atoms with E-state index in [9.17, 15) is 5.11 Å². The summed E-state index contributed by atoms with van der Waals surface area (Å²) in [5.74, 6) is 0. The van der Waals surface area contributed by atoms with Gasteiger partial charge in [0.05, 0.1) is 25.4 Å². The average molecular weight is 274 g/mol. The van der Waals surface area contributed by atoms with E-state index in [1.54, 1.807) is 7.11 Å². The predicted octanol–water partition coefficient (Wildman–Crippen LogP) is 0.473. The molecule has 5 nitrogen and oxygen atoms in total. The first-order valence-corrected chi connectivity index (χ1v) is 7.36. The maximum atomic E-state index is 9.83. The number of rotatable bonds is 10. The maximum Gasteiger partial charge on any atom is 0.0897 e. The molecule has 114 valence electrons. The number of aliphatic hydroxyl groups excluding tert-OH is 1. The number of nitrogens with zero attached hydrogens (tertiary/aromatic N) is 1. The molecule has 19 heavy (non-hydrogen) atoms. The highest BCUT2D eigenvalue weighted by Gasteiger charge is 2.15. The summed E-state index contributed by atoms with van der Waals surface area (Å²) in [7, 11) is 1.65. The third-order valence-corrected chi connectivity index (χ3v) is 3.41. The van der Waals surface area contributed by atoms with Crippen LogP contribution in [0.4, 0.5) is 0 Å². The molecule has 0 bridgehead atoms. The lowest BCUT2D eigenvalue weighted by atomic mass is 10.3. The Morgan fingerprint density at radius 2 is 1.89 bits per heavy atom. The van der Waals surface area contributed by atoms with Gasteiger partial charge in [-0.25, -0.2) is 0 Å². The molecule has 1 rings (SSSR count). The molecular weight excluding hydrogens is 244 g/mol. The van der Waals surface area contributed by atoms with Crippen molar-refractivity contribution in [3.8, 4) is 0 Å². The van der Waals surface area contributed by atoms with Crippen LogP contribution in [0.25, 0.3) is 0 Å². The molecule has 1 aliphatic heterocycles. The lowest BCUT2D eigenvalue weighted by Gasteiger charge is -2.23. The molecule has 5 heteroatoms. The second-order valence-electron chi connectivity index (χ2n) is 5.57. The summed E-state index contributed by atoms with van der Waals surface area (Å²) in [6, 6.07) is 0.407. The Bertz CT molecular complexity index is 223. The largest absolute Gasteiger partial charge is 0.389 e. The summed E-state index contributed by atoms with van der Waals surface area (Å²) < 4.78 is 10.5. The third-order valence-electron chi connectivity index (χ3n) is 3.41. The zero-order valence-electron chi connectivity index (χ0n) is 12.6. The molecule has 0 saturated carbocycles. The first kappa shape index (κ1) is 16.9. The molecule has 0 aromatic carbocycles. The fraction of sp³-hybridized carbons (Fsp3) is 1.00. The van der Waals surface area contributed by atoms with Crippen molar-refractivity contribution in [1.82, 2.24) is 10.2 Å². The van der Waals surface area contributed by atoms with E-state index in [0.29, 0.717) is 25.8 Å². The minimum atomic E-state index is -0.458. The van der Waals surface area contributed by atoms with Crippen LogP contribution < -0.4 is 5.32 Å². The Morgan fingerprint density at radius 3 is 2.53 bits per heavy atom. The van der Waals surface area contributed by atoms with E-state index in [-0.39, 0.29) is 6.10 Å². The van der Waals surface area contributed by atoms with Gasteiger partial charge in [0.25, 0.3) is 0 Å². The normalized spacial score (nSPS) is 21.5. The SMILES string of the molecule is COCC(C)OCC(O)CNC(C)CN1CCCC1. The lowest BCUT2D eigenvalue weighted by Crippen LogP contribution is -2.42. The van der Waals surface area contributed by atoms with Crippen LogP contribution in [0.1, 0.15) is 26.7 Å². The summed E-state index contributed by atoms with van der Waals surface area (Å²) >= 11 is 0. The van der Waals surface area contributed by atoms with Gasteiger partial charge in [0.1, 0.15) is 0 Å². The molecule has 1 saturated heterocycles. The van der Waals surface area contributed by atoms with E-state index >= 15 is 0 Å². The first-order chi connectivity index (χ1) is 9.11. The van der Waals surface area contributed by atoms with Crippen molar-refractivity contribution >= 4 is 0 Å². The Morgan fingerprint density at radius 1 is 1.21 bits per heavy atom. The standard InChI is InChI=1S/C14H30N2O3/c1-12(9-16-6-4-5-7-16)15-8-14(17)11-19-13(2)10-18-3/h12-15,17H,4-11H2,1-3H3. The first-order valence-electron chi connectivity index (χ1n) is 7.36. The van der Waals surface area contributed by atoms with Gasteiger partial charge >= 0.3 is 0 Å². The van der Waals surface area contributed by atoms with Crippen LogP contribution in [0, 0.1) is 0 Å². The Balaban J connectivity index is 2.03. The van der Waals surface area contributed by atoms with Gasteiger partial charge < -0.3 is 24.8 Å². The molecule has 3 unspecified atom stereocenters. The maximum absolute atomic E-state index is 9.83. The van der Waals surface area contributed by atoms with Crippen molar-refractivity contribution in [3.63, 3.8) is 0 Å². The van der Waals surface area contributed by atoms with Gasteiger partial charge in [-0.1, -0.05) is 0 Å². The molecule has 0 amide bonds. The molecule has 1 fully saturated rings. The van der Waals surface area contributed by atoms with Crippen molar-refractivity contribution in [2.24, 2.45) is 0 Å². The highest BCUT2D eigenvalue weighted by atomic mass is 16.5. The molecule has 0 aromatic rings. The molecule has 0 radical (unpaired) electrons. The van der Waals surface area contributed by atoms with Crippen LogP contribution in [-0.4, -0.2) is 74.8 Å².